The summed E-state index contributed by atoms with van der Waals surface area (Å²) in [5, 5.41) is 0.389. The Hall–Kier alpha value is -1.09. The zero-order valence-corrected chi connectivity index (χ0v) is 11.0. The van der Waals surface area contributed by atoms with E-state index in [1.165, 1.54) is 0 Å². The maximum atomic E-state index is 12.4. The second kappa shape index (κ2) is 5.05. The minimum absolute atomic E-state index is 0.0850. The molecule has 0 bridgehead atoms. The maximum absolute atomic E-state index is 12.4. The van der Waals surface area contributed by atoms with Crippen molar-refractivity contribution in [3.63, 3.8) is 0 Å². The van der Waals surface area contributed by atoms with Gasteiger partial charge < -0.3 is 4.90 Å². The molecule has 0 aliphatic heterocycles. The van der Waals surface area contributed by atoms with Crippen LogP contribution >= 0.6 is 11.6 Å². The third-order valence-electron chi connectivity index (χ3n) is 2.88. The highest BCUT2D eigenvalue weighted by Gasteiger charge is 2.32. The van der Waals surface area contributed by atoms with Crippen molar-refractivity contribution in [3.05, 3.63) is 28.5 Å². The van der Waals surface area contributed by atoms with Gasteiger partial charge in [0.2, 0.25) is 0 Å². The number of carbonyl (C=O) groups excluding carboxylic acids is 1. The molecule has 0 spiro atoms. The molecule has 0 radical (unpaired) electrons. The number of aryl methyl sites for hydroxylation is 1. The zero-order valence-electron chi connectivity index (χ0n) is 10.2. The van der Waals surface area contributed by atoms with Crippen LogP contribution in [0.25, 0.3) is 0 Å². The van der Waals surface area contributed by atoms with Crippen LogP contribution in [0.2, 0.25) is 5.15 Å². The molecule has 0 aromatic carbocycles. The van der Waals surface area contributed by atoms with Crippen LogP contribution in [0.1, 0.15) is 42.2 Å². The van der Waals surface area contributed by atoms with Crippen LogP contribution < -0.4 is 0 Å². The number of hydrogen-bond donors (Lipinski definition) is 0. The lowest BCUT2D eigenvalue weighted by Gasteiger charge is -2.21. The van der Waals surface area contributed by atoms with E-state index in [-0.39, 0.29) is 5.91 Å². The topological polar surface area (TPSA) is 33.2 Å². The van der Waals surface area contributed by atoms with Gasteiger partial charge in [-0.25, -0.2) is 4.98 Å². The normalized spacial score (nSPS) is 14.8. The van der Waals surface area contributed by atoms with Crippen molar-refractivity contribution in [2.45, 2.75) is 39.2 Å². The van der Waals surface area contributed by atoms with E-state index in [9.17, 15) is 4.79 Å². The fraction of sp³-hybridized carbons (Fsp3) is 0.538. The van der Waals surface area contributed by atoms with Gasteiger partial charge in [-0.3, -0.25) is 4.79 Å². The van der Waals surface area contributed by atoms with Crippen LogP contribution in [-0.2, 0) is 0 Å². The number of pyridine rings is 1. The Morgan fingerprint density at radius 2 is 2.24 bits per heavy atom. The molecule has 0 N–H and O–H groups in total. The van der Waals surface area contributed by atoms with Crippen LogP contribution in [0, 0.1) is 6.92 Å². The number of amides is 1. The van der Waals surface area contributed by atoms with Gasteiger partial charge in [-0.05, 0) is 38.3 Å². The lowest BCUT2D eigenvalue weighted by Crippen LogP contribution is -2.33. The number of halogens is 1. The molecule has 0 unspecified atom stereocenters. The summed E-state index contributed by atoms with van der Waals surface area (Å²) in [6.45, 7) is 4.76. The molecule has 92 valence electrons. The second-order valence-corrected chi connectivity index (χ2v) is 4.94. The highest BCUT2D eigenvalue weighted by atomic mass is 35.5. The third kappa shape index (κ3) is 2.97. The molecule has 1 heterocycles. The van der Waals surface area contributed by atoms with E-state index in [0.717, 1.165) is 31.5 Å². The fourth-order valence-electron chi connectivity index (χ4n) is 1.99. The molecule has 1 amide bonds. The first-order valence-electron chi connectivity index (χ1n) is 6.07. The van der Waals surface area contributed by atoms with E-state index < -0.39 is 0 Å². The quantitative estimate of drug-likeness (QED) is 0.772. The maximum Gasteiger partial charge on any atom is 0.254 e. The van der Waals surface area contributed by atoms with Gasteiger partial charge in [-0.2, -0.15) is 0 Å². The number of nitrogens with zero attached hydrogens (tertiary/aromatic N) is 2. The Labute approximate surface area is 107 Å². The van der Waals surface area contributed by atoms with E-state index in [1.54, 1.807) is 12.1 Å². The minimum Gasteiger partial charge on any atom is -0.336 e. The van der Waals surface area contributed by atoms with Crippen LogP contribution in [0.3, 0.4) is 0 Å². The van der Waals surface area contributed by atoms with Crippen LogP contribution in [0.5, 0.6) is 0 Å². The number of carbonyl (C=O) groups is 1. The van der Waals surface area contributed by atoms with Crippen molar-refractivity contribution in [1.82, 2.24) is 9.88 Å². The molecule has 1 aromatic heterocycles. The predicted molar refractivity (Wildman–Crippen MR) is 68.3 cm³/mol. The molecule has 3 nitrogen and oxygen atoms in total. The second-order valence-electron chi connectivity index (χ2n) is 4.55. The monoisotopic (exact) mass is 252 g/mol. The summed E-state index contributed by atoms with van der Waals surface area (Å²) in [5.41, 5.74) is 1.44. The average molecular weight is 253 g/mol. The van der Waals surface area contributed by atoms with Gasteiger partial charge in [0.1, 0.15) is 5.15 Å². The van der Waals surface area contributed by atoms with Crippen molar-refractivity contribution in [3.8, 4) is 0 Å². The Morgan fingerprint density at radius 3 is 2.76 bits per heavy atom. The molecular weight excluding hydrogens is 236 g/mol. The molecule has 1 fully saturated rings. The van der Waals surface area contributed by atoms with Gasteiger partial charge in [0, 0.05) is 23.8 Å². The molecule has 1 aromatic rings. The van der Waals surface area contributed by atoms with Gasteiger partial charge in [-0.1, -0.05) is 18.5 Å². The molecular formula is C13H17ClN2O. The van der Waals surface area contributed by atoms with E-state index in [0.29, 0.717) is 16.8 Å². The predicted octanol–water partition coefficient (Wildman–Crippen LogP) is 3.06. The molecule has 1 aliphatic rings. The van der Waals surface area contributed by atoms with Crippen molar-refractivity contribution in [2.75, 3.05) is 6.54 Å². The first-order chi connectivity index (χ1) is 8.11. The summed E-state index contributed by atoms with van der Waals surface area (Å²) >= 11 is 5.89. The highest BCUT2D eigenvalue weighted by molar-refractivity contribution is 6.29. The standard InChI is InChI=1S/C13H17ClN2O/c1-3-6-16(11-4-5-11)13(17)10-7-9(2)15-12(14)8-10/h7-8,11H,3-6H2,1-2H3. The average Bonchev–Trinajstić information content (AvgIpc) is 3.07. The van der Waals surface area contributed by atoms with E-state index in [1.807, 2.05) is 11.8 Å². The van der Waals surface area contributed by atoms with Crippen LogP contribution in [-0.4, -0.2) is 28.4 Å². The molecule has 0 atom stereocenters. The SMILES string of the molecule is CCCN(C(=O)c1cc(C)nc(Cl)c1)C1CC1. The van der Waals surface area contributed by atoms with Gasteiger partial charge >= 0.3 is 0 Å². The first kappa shape index (κ1) is 12.4. The number of rotatable bonds is 4. The zero-order chi connectivity index (χ0) is 12.4. The van der Waals surface area contributed by atoms with Crippen molar-refractivity contribution in [2.24, 2.45) is 0 Å². The smallest absolute Gasteiger partial charge is 0.254 e. The summed E-state index contributed by atoms with van der Waals surface area (Å²) in [4.78, 5) is 18.4. The Bertz CT molecular complexity index is 409. The lowest BCUT2D eigenvalue weighted by atomic mass is 10.2. The molecule has 17 heavy (non-hydrogen) atoms. The largest absolute Gasteiger partial charge is 0.336 e. The lowest BCUT2D eigenvalue weighted by molar-refractivity contribution is 0.0743. The molecule has 2 rings (SSSR count). The Morgan fingerprint density at radius 1 is 1.53 bits per heavy atom. The summed E-state index contributed by atoms with van der Waals surface area (Å²) in [5.74, 6) is 0.0850. The Balaban J connectivity index is 2.21. The molecule has 0 saturated heterocycles. The van der Waals surface area contributed by atoms with Gasteiger partial charge in [-0.15, -0.1) is 0 Å². The third-order valence-corrected chi connectivity index (χ3v) is 3.08. The van der Waals surface area contributed by atoms with Crippen LogP contribution in [0.4, 0.5) is 0 Å². The summed E-state index contributed by atoms with van der Waals surface area (Å²) < 4.78 is 0. The number of aromatic nitrogens is 1. The Kier molecular flexibility index (Phi) is 3.67. The van der Waals surface area contributed by atoms with E-state index >= 15 is 0 Å². The molecule has 1 saturated carbocycles. The van der Waals surface area contributed by atoms with E-state index in [2.05, 4.69) is 11.9 Å². The van der Waals surface area contributed by atoms with Crippen LogP contribution in [0.15, 0.2) is 12.1 Å². The summed E-state index contributed by atoms with van der Waals surface area (Å²) in [6.07, 6.45) is 3.24. The van der Waals surface area contributed by atoms with Crippen molar-refractivity contribution in [1.29, 1.82) is 0 Å². The van der Waals surface area contributed by atoms with E-state index in [4.69, 9.17) is 11.6 Å². The van der Waals surface area contributed by atoms with Crippen molar-refractivity contribution < 1.29 is 4.79 Å². The molecule has 4 heteroatoms. The van der Waals surface area contributed by atoms with Gasteiger partial charge in [0.05, 0.1) is 0 Å². The highest BCUT2D eigenvalue weighted by Crippen LogP contribution is 2.28. The van der Waals surface area contributed by atoms with Gasteiger partial charge in [0.15, 0.2) is 0 Å². The summed E-state index contributed by atoms with van der Waals surface area (Å²) in [7, 11) is 0. The number of hydrogen-bond acceptors (Lipinski definition) is 2. The summed E-state index contributed by atoms with van der Waals surface area (Å²) in [6, 6.07) is 3.90. The minimum atomic E-state index is 0.0850. The van der Waals surface area contributed by atoms with Crippen molar-refractivity contribution >= 4 is 17.5 Å². The fourth-order valence-corrected chi connectivity index (χ4v) is 2.25. The first-order valence-corrected chi connectivity index (χ1v) is 6.44. The molecule has 1 aliphatic carbocycles. The van der Waals surface area contributed by atoms with Gasteiger partial charge in [0.25, 0.3) is 5.91 Å².